The van der Waals surface area contributed by atoms with E-state index in [1.807, 2.05) is 6.92 Å². The number of para-hydroxylation sites is 1. The molecule has 0 aliphatic heterocycles. The van der Waals surface area contributed by atoms with Gasteiger partial charge in [0.1, 0.15) is 16.3 Å². The number of nitrogens with one attached hydrogen (secondary N) is 1. The Morgan fingerprint density at radius 3 is 2.62 bits per heavy atom. The molecular formula is C21H16N4O3S. The Balaban J connectivity index is 1.48. The number of hydrogen-bond acceptors (Lipinski definition) is 6. The molecule has 2 aromatic heterocycles. The summed E-state index contributed by atoms with van der Waals surface area (Å²) in [6.45, 7) is 1.89. The SMILES string of the molecule is Cc1nsc2ncc(C(=O)Nc3ccc(Oc4ccccc4C(N)=O)cc3)cc12. The fourth-order valence-electron chi connectivity index (χ4n) is 2.76. The fraction of sp³-hybridized carbons (Fsp3) is 0.0476. The normalized spacial score (nSPS) is 10.7. The molecule has 2 amide bonds. The van der Waals surface area contributed by atoms with Crippen molar-refractivity contribution in [3.8, 4) is 11.5 Å². The topological polar surface area (TPSA) is 107 Å². The van der Waals surface area contributed by atoms with E-state index in [0.29, 0.717) is 28.3 Å². The molecule has 4 aromatic rings. The summed E-state index contributed by atoms with van der Waals surface area (Å²) in [5.41, 5.74) is 7.57. The highest BCUT2D eigenvalue weighted by atomic mass is 32.1. The van der Waals surface area contributed by atoms with Gasteiger partial charge in [-0.1, -0.05) is 12.1 Å². The van der Waals surface area contributed by atoms with Crippen LogP contribution >= 0.6 is 11.5 Å². The molecule has 29 heavy (non-hydrogen) atoms. The first-order valence-corrected chi connectivity index (χ1v) is 9.49. The molecule has 2 heterocycles. The Morgan fingerprint density at radius 1 is 1.10 bits per heavy atom. The Labute approximate surface area is 170 Å². The molecule has 0 unspecified atom stereocenters. The maximum atomic E-state index is 12.5. The summed E-state index contributed by atoms with van der Waals surface area (Å²) in [5.74, 6) is 0.0551. The Kier molecular flexibility index (Phi) is 4.92. The molecule has 8 heteroatoms. The van der Waals surface area contributed by atoms with Crippen LogP contribution in [-0.2, 0) is 0 Å². The van der Waals surface area contributed by atoms with Crippen molar-refractivity contribution in [2.75, 3.05) is 5.32 Å². The van der Waals surface area contributed by atoms with Crippen molar-refractivity contribution in [3.63, 3.8) is 0 Å². The van der Waals surface area contributed by atoms with E-state index in [1.54, 1.807) is 54.6 Å². The van der Waals surface area contributed by atoms with Crippen LogP contribution in [0.2, 0.25) is 0 Å². The lowest BCUT2D eigenvalue weighted by Crippen LogP contribution is -2.12. The average Bonchev–Trinajstić information content (AvgIpc) is 3.10. The Hall–Kier alpha value is -3.78. The maximum absolute atomic E-state index is 12.5. The second-order valence-electron chi connectivity index (χ2n) is 6.29. The number of fused-ring (bicyclic) bond motifs is 1. The molecule has 0 atom stereocenters. The van der Waals surface area contributed by atoms with Crippen LogP contribution in [-0.4, -0.2) is 21.2 Å². The van der Waals surface area contributed by atoms with Gasteiger partial charge >= 0.3 is 0 Å². The van der Waals surface area contributed by atoms with Gasteiger partial charge in [-0.15, -0.1) is 0 Å². The van der Waals surface area contributed by atoms with Gasteiger partial charge in [-0.3, -0.25) is 9.59 Å². The first-order chi connectivity index (χ1) is 14.0. The molecule has 0 radical (unpaired) electrons. The molecule has 2 aromatic carbocycles. The highest BCUT2D eigenvalue weighted by molar-refractivity contribution is 7.12. The number of nitrogens with two attached hydrogens (primary N) is 1. The third-order valence-corrected chi connectivity index (χ3v) is 5.13. The van der Waals surface area contributed by atoms with E-state index in [2.05, 4.69) is 14.7 Å². The lowest BCUT2D eigenvalue weighted by Gasteiger charge is -2.10. The second-order valence-corrected chi connectivity index (χ2v) is 7.04. The summed E-state index contributed by atoms with van der Waals surface area (Å²) in [7, 11) is 0. The number of ether oxygens (including phenoxy) is 1. The number of aryl methyl sites for hydroxylation is 1. The number of aromatic nitrogens is 2. The van der Waals surface area contributed by atoms with Crippen LogP contribution in [0.25, 0.3) is 10.2 Å². The van der Waals surface area contributed by atoms with E-state index in [9.17, 15) is 9.59 Å². The van der Waals surface area contributed by atoms with Crippen LogP contribution in [0.15, 0.2) is 60.8 Å². The van der Waals surface area contributed by atoms with Gasteiger partial charge in [0.05, 0.1) is 16.8 Å². The summed E-state index contributed by atoms with van der Waals surface area (Å²) >= 11 is 1.31. The minimum absolute atomic E-state index is 0.266. The number of carbonyl (C=O) groups excluding carboxylic acids is 2. The van der Waals surface area contributed by atoms with Crippen LogP contribution in [0.4, 0.5) is 5.69 Å². The number of primary amides is 1. The van der Waals surface area contributed by atoms with Crippen LogP contribution in [0.5, 0.6) is 11.5 Å². The number of pyridine rings is 1. The summed E-state index contributed by atoms with van der Waals surface area (Å²) < 4.78 is 9.98. The molecule has 0 saturated heterocycles. The molecule has 0 spiro atoms. The van der Waals surface area contributed by atoms with Crippen LogP contribution in [0.1, 0.15) is 26.4 Å². The van der Waals surface area contributed by atoms with Crippen LogP contribution in [0.3, 0.4) is 0 Å². The van der Waals surface area contributed by atoms with E-state index in [0.717, 1.165) is 15.9 Å². The summed E-state index contributed by atoms with van der Waals surface area (Å²) in [4.78, 5) is 29.1. The first kappa shape index (κ1) is 18.6. The van der Waals surface area contributed by atoms with Crippen molar-refractivity contribution in [2.45, 2.75) is 6.92 Å². The molecule has 0 aliphatic rings. The number of anilines is 1. The van der Waals surface area contributed by atoms with Crippen molar-refractivity contribution in [3.05, 3.63) is 77.6 Å². The van der Waals surface area contributed by atoms with Gasteiger partial charge in [-0.2, -0.15) is 4.37 Å². The zero-order valence-electron chi connectivity index (χ0n) is 15.4. The van der Waals surface area contributed by atoms with E-state index in [4.69, 9.17) is 10.5 Å². The summed E-state index contributed by atoms with van der Waals surface area (Å²) in [5, 5.41) is 3.70. The standard InChI is InChI=1S/C21H16N4O3S/c1-12-17-10-13(11-23-21(17)29-25-12)20(27)24-14-6-8-15(9-7-14)28-18-5-3-2-4-16(18)19(22)26/h2-11H,1H3,(H2,22,26)(H,24,27). The first-order valence-electron chi connectivity index (χ1n) is 8.71. The fourth-order valence-corrected chi connectivity index (χ4v) is 3.49. The van der Waals surface area contributed by atoms with Crippen molar-refractivity contribution in [1.29, 1.82) is 0 Å². The molecule has 0 bridgehead atoms. The molecule has 4 rings (SSSR count). The Morgan fingerprint density at radius 2 is 1.86 bits per heavy atom. The monoisotopic (exact) mass is 404 g/mol. The maximum Gasteiger partial charge on any atom is 0.257 e. The number of nitrogens with zero attached hydrogens (tertiary/aromatic N) is 2. The van der Waals surface area contributed by atoms with Crippen molar-refractivity contribution in [2.24, 2.45) is 5.73 Å². The molecule has 0 aliphatic carbocycles. The van der Waals surface area contributed by atoms with Gasteiger partial charge < -0.3 is 15.8 Å². The number of carbonyl (C=O) groups is 2. The summed E-state index contributed by atoms with van der Waals surface area (Å²) in [6, 6.07) is 15.3. The van der Waals surface area contributed by atoms with E-state index >= 15 is 0 Å². The van der Waals surface area contributed by atoms with Crippen LogP contribution in [0, 0.1) is 6.92 Å². The molecule has 7 nitrogen and oxygen atoms in total. The molecule has 0 saturated carbocycles. The van der Waals surface area contributed by atoms with E-state index in [-0.39, 0.29) is 5.91 Å². The third kappa shape index (κ3) is 3.92. The number of amides is 2. The average molecular weight is 404 g/mol. The highest BCUT2D eigenvalue weighted by Crippen LogP contribution is 2.26. The van der Waals surface area contributed by atoms with Crippen molar-refractivity contribution >= 4 is 39.3 Å². The lowest BCUT2D eigenvalue weighted by molar-refractivity contribution is 0.0995. The molecule has 144 valence electrons. The van der Waals surface area contributed by atoms with Gasteiger partial charge in [0.25, 0.3) is 11.8 Å². The van der Waals surface area contributed by atoms with E-state index in [1.165, 1.54) is 17.7 Å². The predicted octanol–water partition coefficient (Wildman–Crippen LogP) is 4.14. The summed E-state index contributed by atoms with van der Waals surface area (Å²) in [6.07, 6.45) is 1.54. The third-order valence-electron chi connectivity index (χ3n) is 4.26. The Bertz CT molecular complexity index is 1220. The van der Waals surface area contributed by atoms with E-state index < -0.39 is 5.91 Å². The molecular weight excluding hydrogens is 388 g/mol. The smallest absolute Gasteiger partial charge is 0.257 e. The quantitative estimate of drug-likeness (QED) is 0.520. The largest absolute Gasteiger partial charge is 0.457 e. The zero-order chi connectivity index (χ0) is 20.4. The van der Waals surface area contributed by atoms with Gasteiger partial charge in [-0.05, 0) is 60.9 Å². The van der Waals surface area contributed by atoms with Crippen LogP contribution < -0.4 is 15.8 Å². The minimum atomic E-state index is -0.564. The molecule has 0 fully saturated rings. The van der Waals surface area contributed by atoms with Crippen molar-refractivity contribution in [1.82, 2.24) is 9.36 Å². The predicted molar refractivity (Wildman–Crippen MR) is 112 cm³/mol. The van der Waals surface area contributed by atoms with Gasteiger partial charge in [0.15, 0.2) is 0 Å². The minimum Gasteiger partial charge on any atom is -0.457 e. The number of hydrogen-bond donors (Lipinski definition) is 2. The zero-order valence-corrected chi connectivity index (χ0v) is 16.2. The molecule has 3 N–H and O–H groups in total. The van der Waals surface area contributed by atoms with Gasteiger partial charge in [0, 0.05) is 17.3 Å². The van der Waals surface area contributed by atoms with Gasteiger partial charge in [0.2, 0.25) is 0 Å². The highest BCUT2D eigenvalue weighted by Gasteiger charge is 2.12. The van der Waals surface area contributed by atoms with Gasteiger partial charge in [-0.25, -0.2) is 4.98 Å². The lowest BCUT2D eigenvalue weighted by atomic mass is 10.2. The number of rotatable bonds is 5. The van der Waals surface area contributed by atoms with Crippen molar-refractivity contribution < 1.29 is 14.3 Å². The number of benzene rings is 2. The second kappa shape index (κ2) is 7.69.